The molecule has 6 nitrogen and oxygen atoms in total. The Morgan fingerprint density at radius 2 is 1.68 bits per heavy atom. The van der Waals surface area contributed by atoms with Gasteiger partial charge in [-0.3, -0.25) is 19.5 Å². The zero-order chi connectivity index (χ0) is 17.4. The number of guanidine groups is 1. The molecule has 0 saturated heterocycles. The zero-order valence-electron chi connectivity index (χ0n) is 14.6. The van der Waals surface area contributed by atoms with E-state index in [9.17, 15) is 9.59 Å². The number of carbonyl (C=O) groups is 2. The van der Waals surface area contributed by atoms with Crippen molar-refractivity contribution in [1.82, 2.24) is 15.5 Å². The maximum Gasteiger partial charge on any atom is 0.261 e. The van der Waals surface area contributed by atoms with Gasteiger partial charge >= 0.3 is 0 Å². The van der Waals surface area contributed by atoms with Crippen LogP contribution in [-0.2, 0) is 0 Å². The van der Waals surface area contributed by atoms with Gasteiger partial charge < -0.3 is 10.6 Å². The number of fused-ring (bicyclic) bond motifs is 1. The van der Waals surface area contributed by atoms with Crippen LogP contribution < -0.4 is 10.6 Å². The van der Waals surface area contributed by atoms with Crippen LogP contribution in [0, 0.1) is 0 Å². The molecule has 0 unspecified atom stereocenters. The Morgan fingerprint density at radius 1 is 1.08 bits per heavy atom. The van der Waals surface area contributed by atoms with Crippen molar-refractivity contribution >= 4 is 53.5 Å². The third-order valence-corrected chi connectivity index (χ3v) is 4.49. The van der Waals surface area contributed by atoms with Gasteiger partial charge in [0.2, 0.25) is 0 Å². The number of hydrogen-bond donors (Lipinski definition) is 2. The van der Waals surface area contributed by atoms with Crippen molar-refractivity contribution in [2.45, 2.75) is 12.8 Å². The van der Waals surface area contributed by atoms with Gasteiger partial charge in [-0.25, -0.2) is 0 Å². The van der Waals surface area contributed by atoms with Crippen LogP contribution in [0.25, 0.3) is 0 Å². The molecule has 0 aromatic heterocycles. The van der Waals surface area contributed by atoms with E-state index in [1.807, 2.05) is 11.8 Å². The second-order valence-corrected chi connectivity index (χ2v) is 6.42. The Bertz CT molecular complexity index is 589. The Kier molecular flexibility index (Phi) is 9.88. The van der Waals surface area contributed by atoms with Crippen LogP contribution in [0.15, 0.2) is 29.3 Å². The Labute approximate surface area is 170 Å². The van der Waals surface area contributed by atoms with Crippen molar-refractivity contribution in [3.63, 3.8) is 0 Å². The largest absolute Gasteiger partial charge is 0.356 e. The van der Waals surface area contributed by atoms with Gasteiger partial charge in [0.15, 0.2) is 5.96 Å². The number of nitrogens with one attached hydrogen (secondary N) is 2. The molecule has 8 heteroatoms. The molecule has 1 heterocycles. The van der Waals surface area contributed by atoms with Crippen LogP contribution >= 0.6 is 35.7 Å². The van der Waals surface area contributed by atoms with E-state index in [2.05, 4.69) is 21.9 Å². The predicted molar refractivity (Wildman–Crippen MR) is 114 cm³/mol. The molecule has 1 aliphatic heterocycles. The number of imide groups is 1. The monoisotopic (exact) mass is 476 g/mol. The highest BCUT2D eigenvalue weighted by Crippen LogP contribution is 2.21. The van der Waals surface area contributed by atoms with Crippen molar-refractivity contribution in [1.29, 1.82) is 0 Å². The summed E-state index contributed by atoms with van der Waals surface area (Å²) >= 11 is 1.85. The molecule has 2 N–H and O–H groups in total. The van der Waals surface area contributed by atoms with Crippen LogP contribution in [0.1, 0.15) is 33.6 Å². The summed E-state index contributed by atoms with van der Waals surface area (Å²) in [5.74, 6) is 1.40. The van der Waals surface area contributed by atoms with Crippen LogP contribution in [0.5, 0.6) is 0 Å². The first-order valence-corrected chi connectivity index (χ1v) is 9.47. The molecular formula is C17H25IN4O2S. The SMILES string of the molecule is CN=C(NCCCCSC)NCCN1C(=O)c2ccccc2C1=O.I. The lowest BCUT2D eigenvalue weighted by Gasteiger charge is -2.16. The number of carbonyl (C=O) groups excluding carboxylic acids is 2. The smallest absolute Gasteiger partial charge is 0.261 e. The van der Waals surface area contributed by atoms with E-state index in [0.717, 1.165) is 18.7 Å². The predicted octanol–water partition coefficient (Wildman–Crippen LogP) is 2.21. The summed E-state index contributed by atoms with van der Waals surface area (Å²) in [5.41, 5.74) is 0.970. The number of unbranched alkanes of at least 4 members (excludes halogenated alkanes) is 1. The van der Waals surface area contributed by atoms with Gasteiger partial charge in [-0.05, 0) is 37.0 Å². The van der Waals surface area contributed by atoms with Crippen LogP contribution in [0.2, 0.25) is 0 Å². The summed E-state index contributed by atoms with van der Waals surface area (Å²) in [6, 6.07) is 6.93. The number of rotatable bonds is 8. The first kappa shape index (κ1) is 21.8. The molecular weight excluding hydrogens is 451 g/mol. The van der Waals surface area contributed by atoms with Gasteiger partial charge in [0.1, 0.15) is 0 Å². The molecule has 0 saturated carbocycles. The maximum atomic E-state index is 12.3. The molecule has 1 aromatic carbocycles. The summed E-state index contributed by atoms with van der Waals surface area (Å²) in [4.78, 5) is 29.9. The first-order valence-electron chi connectivity index (χ1n) is 8.07. The summed E-state index contributed by atoms with van der Waals surface area (Å²) in [5, 5.41) is 6.38. The van der Waals surface area contributed by atoms with Crippen LogP contribution in [0.4, 0.5) is 0 Å². The summed E-state index contributed by atoms with van der Waals surface area (Å²) < 4.78 is 0. The molecule has 0 bridgehead atoms. The highest BCUT2D eigenvalue weighted by Gasteiger charge is 2.34. The Balaban J connectivity index is 0.00000312. The van der Waals surface area contributed by atoms with Crippen LogP contribution in [-0.4, -0.2) is 61.4 Å². The molecule has 0 atom stereocenters. The minimum atomic E-state index is -0.225. The molecule has 0 radical (unpaired) electrons. The molecule has 0 spiro atoms. The molecule has 0 aliphatic carbocycles. The molecule has 1 aromatic rings. The van der Waals surface area contributed by atoms with E-state index in [1.54, 1.807) is 31.3 Å². The number of benzene rings is 1. The van der Waals surface area contributed by atoms with Crippen molar-refractivity contribution in [2.75, 3.05) is 38.7 Å². The minimum absolute atomic E-state index is 0. The Hall–Kier alpha value is -1.29. The number of halogens is 1. The topological polar surface area (TPSA) is 73.8 Å². The highest BCUT2D eigenvalue weighted by molar-refractivity contribution is 14.0. The van der Waals surface area contributed by atoms with E-state index < -0.39 is 0 Å². The Morgan fingerprint density at radius 3 is 2.24 bits per heavy atom. The third-order valence-electron chi connectivity index (χ3n) is 3.80. The fraction of sp³-hybridized carbons (Fsp3) is 0.471. The number of thioether (sulfide) groups is 1. The number of nitrogens with zero attached hydrogens (tertiary/aromatic N) is 2. The maximum absolute atomic E-state index is 12.3. The summed E-state index contributed by atoms with van der Waals surface area (Å²) in [7, 11) is 1.71. The van der Waals surface area contributed by atoms with Gasteiger partial charge in [-0.15, -0.1) is 24.0 Å². The van der Waals surface area contributed by atoms with Crippen molar-refractivity contribution in [3.8, 4) is 0 Å². The number of amides is 2. The first-order chi connectivity index (χ1) is 11.7. The normalized spacial score (nSPS) is 13.5. The summed E-state index contributed by atoms with van der Waals surface area (Å²) in [6.45, 7) is 1.64. The lowest BCUT2D eigenvalue weighted by Crippen LogP contribution is -2.43. The van der Waals surface area contributed by atoms with Gasteiger partial charge in [0, 0.05) is 26.7 Å². The quantitative estimate of drug-likeness (QED) is 0.198. The second-order valence-electron chi connectivity index (χ2n) is 5.43. The summed E-state index contributed by atoms with van der Waals surface area (Å²) in [6.07, 6.45) is 4.35. The third kappa shape index (κ3) is 5.88. The van der Waals surface area contributed by atoms with Crippen molar-refractivity contribution in [3.05, 3.63) is 35.4 Å². The van der Waals surface area contributed by atoms with Crippen molar-refractivity contribution in [2.24, 2.45) is 4.99 Å². The van der Waals surface area contributed by atoms with E-state index in [4.69, 9.17) is 0 Å². The fourth-order valence-corrected chi connectivity index (χ4v) is 3.02. The second kappa shape index (κ2) is 11.3. The average Bonchev–Trinajstić information content (AvgIpc) is 2.85. The highest BCUT2D eigenvalue weighted by atomic mass is 127. The molecule has 1 aliphatic rings. The van der Waals surface area contributed by atoms with E-state index in [1.165, 1.54) is 11.3 Å². The molecule has 138 valence electrons. The number of hydrogen-bond acceptors (Lipinski definition) is 4. The van der Waals surface area contributed by atoms with Gasteiger partial charge in [0.05, 0.1) is 11.1 Å². The minimum Gasteiger partial charge on any atom is -0.356 e. The lowest BCUT2D eigenvalue weighted by molar-refractivity contribution is 0.0657. The van der Waals surface area contributed by atoms with Crippen molar-refractivity contribution < 1.29 is 9.59 Å². The molecule has 0 fully saturated rings. The van der Waals surface area contributed by atoms with E-state index in [-0.39, 0.29) is 35.8 Å². The van der Waals surface area contributed by atoms with Crippen LogP contribution in [0.3, 0.4) is 0 Å². The zero-order valence-corrected chi connectivity index (χ0v) is 17.7. The van der Waals surface area contributed by atoms with E-state index >= 15 is 0 Å². The fourth-order valence-electron chi connectivity index (χ4n) is 2.53. The van der Waals surface area contributed by atoms with Gasteiger partial charge in [-0.1, -0.05) is 12.1 Å². The van der Waals surface area contributed by atoms with Gasteiger partial charge in [0.25, 0.3) is 11.8 Å². The average molecular weight is 476 g/mol. The standard InChI is InChI=1S/C17H24N4O2S.HI/c1-18-17(19-9-5-6-12-24-2)20-10-11-21-15(22)13-7-3-4-8-14(13)16(21)23;/h3-4,7-8H,5-6,9-12H2,1-2H3,(H2,18,19,20);1H. The van der Waals surface area contributed by atoms with Gasteiger partial charge in [-0.2, -0.15) is 11.8 Å². The molecule has 2 amide bonds. The van der Waals surface area contributed by atoms with E-state index in [0.29, 0.717) is 30.2 Å². The molecule has 2 rings (SSSR count). The lowest BCUT2D eigenvalue weighted by atomic mass is 10.1. The molecule has 25 heavy (non-hydrogen) atoms. The number of aliphatic imine (C=N–C) groups is 1.